The minimum Gasteiger partial charge on any atom is -0.369 e. The summed E-state index contributed by atoms with van der Waals surface area (Å²) in [6.07, 6.45) is 2.91. The SMILES string of the molecule is CCC(N)Cc1ccc(N2CC(C)CC(C)C2)c(F)c1. The minimum atomic E-state index is -0.105. The van der Waals surface area contributed by atoms with Crippen molar-refractivity contribution < 1.29 is 4.39 Å². The molecule has 0 amide bonds. The van der Waals surface area contributed by atoms with E-state index in [0.717, 1.165) is 37.2 Å². The molecule has 1 saturated heterocycles. The number of nitrogens with two attached hydrogens (primary N) is 1. The van der Waals surface area contributed by atoms with Crippen molar-refractivity contribution in [2.45, 2.75) is 46.1 Å². The van der Waals surface area contributed by atoms with Crippen molar-refractivity contribution in [1.29, 1.82) is 0 Å². The Morgan fingerprint density at radius 2 is 1.95 bits per heavy atom. The Morgan fingerprint density at radius 3 is 2.50 bits per heavy atom. The van der Waals surface area contributed by atoms with E-state index in [4.69, 9.17) is 5.73 Å². The van der Waals surface area contributed by atoms with Gasteiger partial charge in [0, 0.05) is 19.1 Å². The molecule has 1 aliphatic heterocycles. The van der Waals surface area contributed by atoms with Crippen molar-refractivity contribution in [3.8, 4) is 0 Å². The molecular weight excluding hydrogens is 251 g/mol. The zero-order valence-electron chi connectivity index (χ0n) is 12.9. The van der Waals surface area contributed by atoms with Gasteiger partial charge in [-0.3, -0.25) is 0 Å². The first-order valence-corrected chi connectivity index (χ1v) is 7.78. The van der Waals surface area contributed by atoms with Gasteiger partial charge in [-0.2, -0.15) is 0 Å². The molecule has 0 radical (unpaired) electrons. The molecule has 2 nitrogen and oxygen atoms in total. The van der Waals surface area contributed by atoms with E-state index in [0.29, 0.717) is 11.8 Å². The number of hydrogen-bond donors (Lipinski definition) is 1. The lowest BCUT2D eigenvalue weighted by Gasteiger charge is -2.36. The highest BCUT2D eigenvalue weighted by Crippen LogP contribution is 2.28. The van der Waals surface area contributed by atoms with Crippen LogP contribution in [0.1, 0.15) is 39.2 Å². The molecule has 3 heteroatoms. The highest BCUT2D eigenvalue weighted by Gasteiger charge is 2.23. The quantitative estimate of drug-likeness (QED) is 0.912. The summed E-state index contributed by atoms with van der Waals surface area (Å²) in [6.45, 7) is 8.46. The molecule has 0 spiro atoms. The normalized spacial score (nSPS) is 24.8. The monoisotopic (exact) mass is 278 g/mol. The molecule has 3 unspecified atom stereocenters. The predicted molar refractivity (Wildman–Crippen MR) is 83.5 cm³/mol. The predicted octanol–water partition coefficient (Wildman–Crippen LogP) is 3.59. The lowest BCUT2D eigenvalue weighted by Crippen LogP contribution is -2.39. The summed E-state index contributed by atoms with van der Waals surface area (Å²) in [5.74, 6) is 1.16. The molecule has 20 heavy (non-hydrogen) atoms. The van der Waals surface area contributed by atoms with Gasteiger partial charge < -0.3 is 10.6 Å². The molecule has 0 aliphatic carbocycles. The van der Waals surface area contributed by atoms with Crippen molar-refractivity contribution >= 4 is 5.69 Å². The van der Waals surface area contributed by atoms with Crippen LogP contribution in [-0.4, -0.2) is 19.1 Å². The second-order valence-corrected chi connectivity index (χ2v) is 6.51. The van der Waals surface area contributed by atoms with Gasteiger partial charge in [0.15, 0.2) is 0 Å². The summed E-state index contributed by atoms with van der Waals surface area (Å²) >= 11 is 0. The number of piperidine rings is 1. The zero-order chi connectivity index (χ0) is 14.7. The van der Waals surface area contributed by atoms with E-state index in [1.165, 1.54) is 6.42 Å². The van der Waals surface area contributed by atoms with Crippen LogP contribution in [0.5, 0.6) is 0 Å². The van der Waals surface area contributed by atoms with Gasteiger partial charge in [0.1, 0.15) is 5.82 Å². The van der Waals surface area contributed by atoms with E-state index >= 15 is 0 Å². The third-order valence-electron chi connectivity index (χ3n) is 4.24. The fraction of sp³-hybridized carbons (Fsp3) is 0.647. The van der Waals surface area contributed by atoms with Gasteiger partial charge in [0.05, 0.1) is 5.69 Å². The summed E-state index contributed by atoms with van der Waals surface area (Å²) in [5, 5.41) is 0. The highest BCUT2D eigenvalue weighted by atomic mass is 19.1. The number of nitrogens with zero attached hydrogens (tertiary/aromatic N) is 1. The molecule has 1 aliphatic rings. The molecule has 1 aromatic rings. The summed E-state index contributed by atoms with van der Waals surface area (Å²) < 4.78 is 14.4. The van der Waals surface area contributed by atoms with Crippen LogP contribution >= 0.6 is 0 Å². The van der Waals surface area contributed by atoms with Gasteiger partial charge in [0.25, 0.3) is 0 Å². The maximum Gasteiger partial charge on any atom is 0.146 e. The third kappa shape index (κ3) is 3.72. The molecule has 112 valence electrons. The summed E-state index contributed by atoms with van der Waals surface area (Å²) in [5.41, 5.74) is 7.69. The van der Waals surface area contributed by atoms with Crippen LogP contribution in [-0.2, 0) is 6.42 Å². The van der Waals surface area contributed by atoms with Crippen molar-refractivity contribution in [3.63, 3.8) is 0 Å². The second-order valence-electron chi connectivity index (χ2n) is 6.51. The van der Waals surface area contributed by atoms with Gasteiger partial charge in [-0.25, -0.2) is 4.39 Å². The summed E-state index contributed by atoms with van der Waals surface area (Å²) in [7, 11) is 0. The first-order valence-electron chi connectivity index (χ1n) is 7.78. The van der Waals surface area contributed by atoms with Crippen molar-refractivity contribution in [3.05, 3.63) is 29.6 Å². The molecule has 2 N–H and O–H groups in total. The molecule has 1 heterocycles. The first kappa shape index (κ1) is 15.3. The molecule has 2 rings (SSSR count). The summed E-state index contributed by atoms with van der Waals surface area (Å²) in [4.78, 5) is 2.19. The van der Waals surface area contributed by atoms with Crippen LogP contribution < -0.4 is 10.6 Å². The molecule has 0 aromatic heterocycles. The fourth-order valence-electron chi connectivity index (χ4n) is 3.24. The Morgan fingerprint density at radius 1 is 1.30 bits per heavy atom. The van der Waals surface area contributed by atoms with Crippen LogP contribution in [0.25, 0.3) is 0 Å². The van der Waals surface area contributed by atoms with E-state index in [2.05, 4.69) is 25.7 Å². The van der Waals surface area contributed by atoms with Crippen LogP contribution in [0, 0.1) is 17.7 Å². The van der Waals surface area contributed by atoms with Crippen molar-refractivity contribution in [1.82, 2.24) is 0 Å². The molecule has 0 saturated carbocycles. The largest absolute Gasteiger partial charge is 0.369 e. The average molecular weight is 278 g/mol. The van der Waals surface area contributed by atoms with Gasteiger partial charge in [0.2, 0.25) is 0 Å². The Hall–Kier alpha value is -1.09. The van der Waals surface area contributed by atoms with Crippen molar-refractivity contribution in [2.24, 2.45) is 17.6 Å². The Balaban J connectivity index is 2.13. The standard InChI is InChI=1S/C17H27FN2/c1-4-15(19)8-14-5-6-17(16(18)9-14)20-10-12(2)7-13(3)11-20/h5-6,9,12-13,15H,4,7-8,10-11,19H2,1-3H3. The van der Waals surface area contributed by atoms with E-state index in [1.54, 1.807) is 6.07 Å². The lowest BCUT2D eigenvalue weighted by molar-refractivity contribution is 0.354. The number of anilines is 1. The molecule has 0 bridgehead atoms. The Bertz CT molecular complexity index is 437. The molecular formula is C17H27FN2. The zero-order valence-corrected chi connectivity index (χ0v) is 12.9. The van der Waals surface area contributed by atoms with Gasteiger partial charge in [-0.05, 0) is 48.8 Å². The number of hydrogen-bond acceptors (Lipinski definition) is 2. The van der Waals surface area contributed by atoms with Crippen molar-refractivity contribution in [2.75, 3.05) is 18.0 Å². The number of benzene rings is 1. The van der Waals surface area contributed by atoms with E-state index in [1.807, 2.05) is 12.1 Å². The van der Waals surface area contributed by atoms with Crippen LogP contribution in [0.4, 0.5) is 10.1 Å². The fourth-order valence-corrected chi connectivity index (χ4v) is 3.24. The number of halogens is 1. The highest BCUT2D eigenvalue weighted by molar-refractivity contribution is 5.49. The molecule has 3 atom stereocenters. The van der Waals surface area contributed by atoms with Crippen LogP contribution in [0.15, 0.2) is 18.2 Å². The van der Waals surface area contributed by atoms with Crippen LogP contribution in [0.2, 0.25) is 0 Å². The second kappa shape index (κ2) is 6.57. The van der Waals surface area contributed by atoms with E-state index in [9.17, 15) is 4.39 Å². The number of rotatable bonds is 4. The van der Waals surface area contributed by atoms with Gasteiger partial charge >= 0.3 is 0 Å². The maximum absolute atomic E-state index is 14.4. The summed E-state index contributed by atoms with van der Waals surface area (Å²) in [6, 6.07) is 5.74. The van der Waals surface area contributed by atoms with Gasteiger partial charge in [-0.15, -0.1) is 0 Å². The maximum atomic E-state index is 14.4. The van der Waals surface area contributed by atoms with E-state index < -0.39 is 0 Å². The average Bonchev–Trinajstić information content (AvgIpc) is 2.37. The molecule has 1 fully saturated rings. The van der Waals surface area contributed by atoms with Gasteiger partial charge in [-0.1, -0.05) is 26.8 Å². The molecule has 1 aromatic carbocycles. The smallest absolute Gasteiger partial charge is 0.146 e. The Kier molecular flexibility index (Phi) is 5.03. The minimum absolute atomic E-state index is 0.105. The Labute approximate surface area is 122 Å². The first-order chi connectivity index (χ1) is 9.49. The van der Waals surface area contributed by atoms with E-state index in [-0.39, 0.29) is 11.9 Å². The third-order valence-corrected chi connectivity index (χ3v) is 4.24. The lowest BCUT2D eigenvalue weighted by atomic mass is 9.91. The van der Waals surface area contributed by atoms with Crippen LogP contribution in [0.3, 0.4) is 0 Å². The topological polar surface area (TPSA) is 29.3 Å².